The van der Waals surface area contributed by atoms with Gasteiger partial charge in [0.2, 0.25) is 9.67 Å². The third-order valence-electron chi connectivity index (χ3n) is 5.37. The summed E-state index contributed by atoms with van der Waals surface area (Å²) in [5, 5.41) is 0. The summed E-state index contributed by atoms with van der Waals surface area (Å²) >= 11 is 23.9. The van der Waals surface area contributed by atoms with Crippen molar-refractivity contribution in [2.45, 2.75) is 50.2 Å². The number of aryl methyl sites for hydroxylation is 1. The SMILES string of the molecule is CCOP(=S)(OCC)Oc1cc(C)nc(C(C)C)n1.COc1ccc(C(c2ccc(OC)cc2)C(Cl)(Cl)Cl)cc1. The number of halogens is 3. The number of alkyl halides is 3. The van der Waals surface area contributed by atoms with Crippen molar-refractivity contribution in [3.8, 4) is 17.4 Å². The second kappa shape index (κ2) is 16.1. The van der Waals surface area contributed by atoms with Gasteiger partial charge in [0.1, 0.15) is 17.3 Å². The second-order valence-electron chi connectivity index (χ2n) is 8.76. The molecular weight excluding hydrogens is 614 g/mol. The maximum atomic E-state index is 6.18. The van der Waals surface area contributed by atoms with Crippen molar-refractivity contribution in [1.82, 2.24) is 9.97 Å². The minimum atomic E-state index is -2.77. The highest BCUT2D eigenvalue weighted by atomic mass is 35.6. The average Bonchev–Trinajstić information content (AvgIpc) is 2.89. The van der Waals surface area contributed by atoms with Gasteiger partial charge in [0.25, 0.3) is 0 Å². The van der Waals surface area contributed by atoms with E-state index >= 15 is 0 Å². The Bertz CT molecular complexity index is 1180. The summed E-state index contributed by atoms with van der Waals surface area (Å²) < 4.78 is 25.4. The highest BCUT2D eigenvalue weighted by Gasteiger charge is 2.35. The van der Waals surface area contributed by atoms with Gasteiger partial charge in [0.15, 0.2) is 0 Å². The summed E-state index contributed by atoms with van der Waals surface area (Å²) in [6.07, 6.45) is 0. The Balaban J connectivity index is 0.000000282. The Morgan fingerprint density at radius 2 is 1.27 bits per heavy atom. The highest BCUT2D eigenvalue weighted by molar-refractivity contribution is 8.07. The van der Waals surface area contributed by atoms with Crippen LogP contribution < -0.4 is 14.0 Å². The Morgan fingerprint density at radius 3 is 1.62 bits per heavy atom. The fraction of sp³-hybridized carbons (Fsp3) is 0.429. The van der Waals surface area contributed by atoms with E-state index in [0.717, 1.165) is 34.1 Å². The van der Waals surface area contributed by atoms with Crippen molar-refractivity contribution in [2.24, 2.45) is 0 Å². The lowest BCUT2D eigenvalue weighted by molar-refractivity contribution is 0.215. The summed E-state index contributed by atoms with van der Waals surface area (Å²) in [6.45, 7) is 7.78. The van der Waals surface area contributed by atoms with E-state index in [1.54, 1.807) is 20.3 Å². The number of benzene rings is 2. The van der Waals surface area contributed by atoms with Gasteiger partial charge in [-0.15, -0.1) is 0 Å². The number of hydrogen-bond donors (Lipinski definition) is 0. The predicted molar refractivity (Wildman–Crippen MR) is 167 cm³/mol. The molecule has 0 saturated heterocycles. The van der Waals surface area contributed by atoms with Crippen molar-refractivity contribution in [2.75, 3.05) is 27.4 Å². The monoisotopic (exact) mass is 648 g/mol. The molecule has 7 nitrogen and oxygen atoms in total. The maximum absolute atomic E-state index is 6.18. The van der Waals surface area contributed by atoms with E-state index in [4.69, 9.17) is 69.7 Å². The van der Waals surface area contributed by atoms with Crippen LogP contribution in [0, 0.1) is 6.92 Å². The number of ether oxygens (including phenoxy) is 2. The molecular formula is C28H36Cl3N2O5PS. The third-order valence-corrected chi connectivity index (χ3v) is 8.44. The Hall–Kier alpha value is -1.64. The van der Waals surface area contributed by atoms with Crippen LogP contribution in [0.15, 0.2) is 54.6 Å². The molecule has 0 N–H and O–H groups in total. The first-order valence-corrected chi connectivity index (χ1v) is 16.3. The number of rotatable bonds is 11. The minimum absolute atomic E-state index is 0.222. The molecule has 0 aliphatic heterocycles. The molecule has 1 heterocycles. The lowest BCUT2D eigenvalue weighted by Crippen LogP contribution is -2.18. The fourth-order valence-corrected chi connectivity index (χ4v) is 6.30. The van der Waals surface area contributed by atoms with Gasteiger partial charge in [-0.25, -0.2) is 4.98 Å². The number of methoxy groups -OCH3 is 2. The zero-order valence-corrected chi connectivity index (χ0v) is 27.7. The first kappa shape index (κ1) is 34.6. The summed E-state index contributed by atoms with van der Waals surface area (Å²) in [5.74, 6) is 2.51. The molecule has 40 heavy (non-hydrogen) atoms. The van der Waals surface area contributed by atoms with Crippen molar-refractivity contribution >= 4 is 53.3 Å². The molecule has 2 aromatic carbocycles. The third kappa shape index (κ3) is 10.6. The zero-order valence-electron chi connectivity index (χ0n) is 23.7. The average molecular weight is 650 g/mol. The van der Waals surface area contributed by atoms with Crippen LogP contribution in [0.1, 0.15) is 62.2 Å². The molecule has 0 spiro atoms. The van der Waals surface area contributed by atoms with Crippen molar-refractivity contribution in [3.05, 3.63) is 77.2 Å². The van der Waals surface area contributed by atoms with Gasteiger partial charge in [0.05, 0.1) is 33.4 Å². The molecule has 12 heteroatoms. The molecule has 0 fully saturated rings. The zero-order chi connectivity index (χ0) is 29.9. The van der Waals surface area contributed by atoms with E-state index in [1.807, 2.05) is 83.1 Å². The van der Waals surface area contributed by atoms with Gasteiger partial charge in [-0.05, 0) is 56.2 Å². The lowest BCUT2D eigenvalue weighted by Gasteiger charge is -2.25. The van der Waals surface area contributed by atoms with E-state index in [2.05, 4.69) is 9.97 Å². The number of hydrogen-bond acceptors (Lipinski definition) is 8. The lowest BCUT2D eigenvalue weighted by atomic mass is 9.92. The molecule has 0 unspecified atom stereocenters. The molecule has 0 saturated carbocycles. The van der Waals surface area contributed by atoms with Gasteiger partial charge >= 0.3 is 6.72 Å². The van der Waals surface area contributed by atoms with Gasteiger partial charge < -0.3 is 14.0 Å². The van der Waals surface area contributed by atoms with Crippen LogP contribution in [0.2, 0.25) is 0 Å². The highest BCUT2D eigenvalue weighted by Crippen LogP contribution is 2.49. The topological polar surface area (TPSA) is 71.9 Å². The van der Waals surface area contributed by atoms with Crippen LogP contribution in [0.3, 0.4) is 0 Å². The molecule has 0 bridgehead atoms. The first-order chi connectivity index (χ1) is 18.9. The summed E-state index contributed by atoms with van der Waals surface area (Å²) in [6, 6.07) is 16.7. The predicted octanol–water partition coefficient (Wildman–Crippen LogP) is 8.79. The molecule has 220 valence electrons. The Morgan fingerprint density at radius 1 is 0.825 bits per heavy atom. The number of nitrogens with zero attached hydrogens (tertiary/aromatic N) is 2. The number of aromatic nitrogens is 2. The second-order valence-corrected chi connectivity index (χ2v) is 14.1. The molecule has 1 aromatic heterocycles. The normalized spacial score (nSPS) is 11.7. The molecule has 3 rings (SSSR count). The van der Waals surface area contributed by atoms with Crippen LogP contribution in [0.4, 0.5) is 0 Å². The minimum Gasteiger partial charge on any atom is -0.497 e. The fourth-order valence-electron chi connectivity index (χ4n) is 3.55. The summed E-state index contributed by atoms with van der Waals surface area (Å²) in [5.41, 5.74) is 2.64. The van der Waals surface area contributed by atoms with Crippen molar-refractivity contribution < 1.29 is 23.0 Å². The smallest absolute Gasteiger partial charge is 0.381 e. The summed E-state index contributed by atoms with van der Waals surface area (Å²) in [4.78, 5) is 8.71. The molecule has 0 amide bonds. The van der Waals surface area contributed by atoms with E-state index in [-0.39, 0.29) is 11.8 Å². The van der Waals surface area contributed by atoms with Gasteiger partial charge in [-0.2, -0.15) is 4.98 Å². The van der Waals surface area contributed by atoms with E-state index in [1.165, 1.54) is 0 Å². The first-order valence-electron chi connectivity index (χ1n) is 12.6. The van der Waals surface area contributed by atoms with Crippen molar-refractivity contribution in [1.29, 1.82) is 0 Å². The maximum Gasteiger partial charge on any atom is 0.381 e. The molecule has 0 aliphatic carbocycles. The van der Waals surface area contributed by atoms with E-state index < -0.39 is 10.5 Å². The largest absolute Gasteiger partial charge is 0.497 e. The van der Waals surface area contributed by atoms with Crippen LogP contribution in [-0.4, -0.2) is 41.2 Å². The standard InChI is InChI=1S/C16H15Cl3O2.C12H21N2O3PS/c1-20-13-7-3-11(4-8-13)15(16(17,18)19)12-5-9-14(21-2)10-6-12;1-6-15-18(19,16-7-2)17-11-8-10(5)13-12(14-11)9(3)4/h3-10,15H,1-2H3;8-9H,6-7H2,1-5H3. The van der Waals surface area contributed by atoms with Crippen molar-refractivity contribution in [3.63, 3.8) is 0 Å². The van der Waals surface area contributed by atoms with Gasteiger partial charge in [-0.3, -0.25) is 9.05 Å². The Labute approximate surface area is 257 Å². The molecule has 0 atom stereocenters. The van der Waals surface area contributed by atoms with Gasteiger partial charge in [-0.1, -0.05) is 72.9 Å². The quantitative estimate of drug-likeness (QED) is 0.151. The Kier molecular flexibility index (Phi) is 13.9. The van der Waals surface area contributed by atoms with Gasteiger partial charge in [0, 0.05) is 29.5 Å². The van der Waals surface area contributed by atoms with Crippen LogP contribution in [-0.2, 0) is 20.9 Å². The molecule has 3 aromatic rings. The van der Waals surface area contributed by atoms with Crippen LogP contribution >= 0.6 is 41.5 Å². The van der Waals surface area contributed by atoms with Crippen LogP contribution in [0.25, 0.3) is 0 Å². The molecule has 0 radical (unpaired) electrons. The molecule has 0 aliphatic rings. The summed E-state index contributed by atoms with van der Waals surface area (Å²) in [7, 11) is 3.23. The van der Waals surface area contributed by atoms with E-state index in [0.29, 0.717) is 19.1 Å². The van der Waals surface area contributed by atoms with Crippen LogP contribution in [0.5, 0.6) is 17.4 Å². The van der Waals surface area contributed by atoms with E-state index in [9.17, 15) is 0 Å².